The van der Waals surface area contributed by atoms with Gasteiger partial charge in [0.25, 0.3) is 0 Å². The van der Waals surface area contributed by atoms with Crippen LogP contribution in [0.4, 0.5) is 0 Å². The third-order valence-corrected chi connectivity index (χ3v) is 0.715. The second-order valence-electron chi connectivity index (χ2n) is 2.13. The van der Waals surface area contributed by atoms with Crippen molar-refractivity contribution < 1.29 is 40.4 Å². The van der Waals surface area contributed by atoms with E-state index in [2.05, 4.69) is 0 Å². The lowest BCUT2D eigenvalue weighted by molar-refractivity contribution is -0.146. The minimum absolute atomic E-state index is 0. The SMILES string of the molecule is CC(O)C(=O)O.CC(O)C(=O)O.N.ONO. The molecule has 0 bridgehead atoms. The molecular formula is C6H18N2O8. The van der Waals surface area contributed by atoms with E-state index in [9.17, 15) is 9.59 Å². The summed E-state index contributed by atoms with van der Waals surface area (Å²) in [6.07, 6.45) is -2.46. The Bertz CT molecular complexity index is 154. The topological polar surface area (TPSA) is 203 Å². The average molecular weight is 246 g/mol. The Morgan fingerprint density at radius 1 is 0.938 bits per heavy atom. The Balaban J connectivity index is -0.0000000692. The Hall–Kier alpha value is -1.30. The molecule has 0 aromatic heterocycles. The first-order valence-corrected chi connectivity index (χ1v) is 3.55. The Labute approximate surface area is 91.3 Å². The number of carboxylic acids is 2. The molecule has 0 aliphatic rings. The van der Waals surface area contributed by atoms with E-state index in [0.29, 0.717) is 0 Å². The number of hydrogen-bond donors (Lipinski definition) is 8. The molecule has 0 amide bonds. The number of rotatable bonds is 2. The summed E-state index contributed by atoms with van der Waals surface area (Å²) in [6, 6.07) is 0. The second-order valence-corrected chi connectivity index (χ2v) is 2.13. The van der Waals surface area contributed by atoms with E-state index in [4.69, 9.17) is 30.8 Å². The van der Waals surface area contributed by atoms with Crippen LogP contribution < -0.4 is 11.8 Å². The van der Waals surface area contributed by atoms with Crippen molar-refractivity contribution in [1.82, 2.24) is 11.8 Å². The lowest BCUT2D eigenvalue weighted by Gasteiger charge is -1.89. The van der Waals surface area contributed by atoms with Crippen molar-refractivity contribution >= 4 is 11.9 Å². The van der Waals surface area contributed by atoms with Crippen LogP contribution in [0, 0.1) is 0 Å². The zero-order valence-electron chi connectivity index (χ0n) is 8.86. The van der Waals surface area contributed by atoms with Gasteiger partial charge in [-0.15, -0.1) is 0 Å². The molecule has 0 fully saturated rings. The van der Waals surface area contributed by atoms with Gasteiger partial charge in [-0.1, -0.05) is 5.64 Å². The molecule has 0 rings (SSSR count). The van der Waals surface area contributed by atoms with Crippen LogP contribution >= 0.6 is 0 Å². The summed E-state index contributed by atoms with van der Waals surface area (Å²) in [7, 11) is 0. The van der Waals surface area contributed by atoms with Gasteiger partial charge in [0.2, 0.25) is 0 Å². The van der Waals surface area contributed by atoms with Crippen LogP contribution in [0.2, 0.25) is 0 Å². The minimum Gasteiger partial charge on any atom is -0.479 e. The van der Waals surface area contributed by atoms with Crippen molar-refractivity contribution in [2.75, 3.05) is 0 Å². The van der Waals surface area contributed by atoms with Crippen molar-refractivity contribution in [3.63, 3.8) is 0 Å². The van der Waals surface area contributed by atoms with Crippen molar-refractivity contribution in [2.24, 2.45) is 0 Å². The molecule has 0 spiro atoms. The van der Waals surface area contributed by atoms with Gasteiger partial charge in [0.1, 0.15) is 12.2 Å². The molecule has 0 aromatic carbocycles. The zero-order valence-corrected chi connectivity index (χ0v) is 8.86. The lowest BCUT2D eigenvalue weighted by atomic mass is 10.4. The number of carbonyl (C=O) groups is 2. The van der Waals surface area contributed by atoms with E-state index in [0.717, 1.165) is 5.64 Å². The van der Waals surface area contributed by atoms with E-state index in [1.807, 2.05) is 0 Å². The number of aliphatic hydroxyl groups excluding tert-OH is 2. The molecule has 0 heterocycles. The smallest absolute Gasteiger partial charge is 0.332 e. The highest BCUT2D eigenvalue weighted by Gasteiger charge is 2.01. The largest absolute Gasteiger partial charge is 0.479 e. The fraction of sp³-hybridized carbons (Fsp3) is 0.667. The van der Waals surface area contributed by atoms with Gasteiger partial charge in [0, 0.05) is 0 Å². The van der Waals surface area contributed by atoms with Crippen molar-refractivity contribution in [3.05, 3.63) is 0 Å². The fourth-order valence-electron chi connectivity index (χ4n) is 0. The maximum atomic E-state index is 9.45. The molecule has 0 aliphatic heterocycles. The van der Waals surface area contributed by atoms with Gasteiger partial charge >= 0.3 is 11.9 Å². The van der Waals surface area contributed by atoms with Gasteiger partial charge in [-0.3, -0.25) is 10.4 Å². The number of carboxylic acid groups (broad SMARTS) is 2. The molecule has 0 radical (unpaired) electrons. The molecule has 100 valence electrons. The molecule has 2 unspecified atom stereocenters. The van der Waals surface area contributed by atoms with Gasteiger partial charge < -0.3 is 26.6 Å². The summed E-state index contributed by atoms with van der Waals surface area (Å²) >= 11 is 0. The summed E-state index contributed by atoms with van der Waals surface area (Å²) in [5.74, 6) is -2.37. The third-order valence-electron chi connectivity index (χ3n) is 0.715. The van der Waals surface area contributed by atoms with E-state index in [1.165, 1.54) is 13.8 Å². The maximum Gasteiger partial charge on any atom is 0.332 e. The third kappa shape index (κ3) is 38.7. The Kier molecular flexibility index (Phi) is 24.3. The van der Waals surface area contributed by atoms with Crippen LogP contribution in [0.15, 0.2) is 0 Å². The fourth-order valence-corrected chi connectivity index (χ4v) is 0. The molecule has 10 nitrogen and oxygen atoms in total. The first-order valence-electron chi connectivity index (χ1n) is 3.55. The lowest BCUT2D eigenvalue weighted by Crippen LogP contribution is -2.13. The Morgan fingerprint density at radius 2 is 1.00 bits per heavy atom. The summed E-state index contributed by atoms with van der Waals surface area (Å²) in [4.78, 5) is 18.9. The number of aliphatic hydroxyl groups is 2. The first-order chi connectivity index (χ1) is 6.70. The predicted octanol–water partition coefficient (Wildman–Crippen LogP) is -1.58. The normalized spacial score (nSPS) is 11.4. The Morgan fingerprint density at radius 3 is 1.00 bits per heavy atom. The van der Waals surface area contributed by atoms with E-state index >= 15 is 0 Å². The van der Waals surface area contributed by atoms with Gasteiger partial charge in [0.05, 0.1) is 0 Å². The van der Waals surface area contributed by atoms with Crippen LogP contribution in [0.5, 0.6) is 0 Å². The highest BCUT2D eigenvalue weighted by Crippen LogP contribution is 1.73. The number of nitrogens with one attached hydrogen (secondary N) is 1. The maximum absolute atomic E-state index is 9.45. The van der Waals surface area contributed by atoms with E-state index in [1.54, 1.807) is 0 Å². The minimum atomic E-state index is -1.23. The van der Waals surface area contributed by atoms with Gasteiger partial charge in [-0.2, -0.15) is 0 Å². The number of hydrogen-bond acceptors (Lipinski definition) is 8. The molecule has 2 atom stereocenters. The van der Waals surface area contributed by atoms with Crippen LogP contribution in [-0.2, 0) is 9.59 Å². The van der Waals surface area contributed by atoms with Gasteiger partial charge in [-0.05, 0) is 13.8 Å². The van der Waals surface area contributed by atoms with Crippen LogP contribution in [-0.4, -0.2) is 55.0 Å². The summed E-state index contributed by atoms with van der Waals surface area (Å²) in [6.45, 7) is 2.39. The van der Waals surface area contributed by atoms with E-state index < -0.39 is 24.1 Å². The standard InChI is InChI=1S/2C3H6O3.H3NO2.H3N/c2*1-2(4)3(5)6;2-1-3;/h2*2,4H,1H3,(H,5,6);1-3H;1H3. The molecule has 10 heteroatoms. The molecular weight excluding hydrogens is 228 g/mol. The first kappa shape index (κ1) is 24.1. The molecule has 0 saturated carbocycles. The monoisotopic (exact) mass is 246 g/mol. The predicted molar refractivity (Wildman–Crippen MR) is 50.4 cm³/mol. The van der Waals surface area contributed by atoms with Crippen LogP contribution in [0.25, 0.3) is 0 Å². The summed E-state index contributed by atoms with van der Waals surface area (Å²) < 4.78 is 0. The molecule has 0 aromatic rings. The number of aliphatic carboxylic acids is 2. The van der Waals surface area contributed by atoms with Crippen molar-refractivity contribution in [3.8, 4) is 0 Å². The second kappa shape index (κ2) is 16.1. The zero-order chi connectivity index (χ0) is 13.0. The quantitative estimate of drug-likeness (QED) is 0.262. The molecule has 0 saturated heterocycles. The van der Waals surface area contributed by atoms with Crippen LogP contribution in [0.3, 0.4) is 0 Å². The van der Waals surface area contributed by atoms with Gasteiger partial charge in [-0.25, -0.2) is 9.59 Å². The molecule has 0 aliphatic carbocycles. The highest BCUT2D eigenvalue weighted by molar-refractivity contribution is 5.71. The molecule has 10 N–H and O–H groups in total. The molecule has 16 heavy (non-hydrogen) atoms. The van der Waals surface area contributed by atoms with Crippen molar-refractivity contribution in [2.45, 2.75) is 26.1 Å². The van der Waals surface area contributed by atoms with E-state index in [-0.39, 0.29) is 6.15 Å². The summed E-state index contributed by atoms with van der Waals surface area (Å²) in [5, 5.41) is 45.3. The summed E-state index contributed by atoms with van der Waals surface area (Å²) in [5.41, 5.74) is 0.750. The average Bonchev–Trinajstić information content (AvgIpc) is 2.06. The van der Waals surface area contributed by atoms with Gasteiger partial charge in [0.15, 0.2) is 0 Å². The van der Waals surface area contributed by atoms with Crippen molar-refractivity contribution in [1.29, 1.82) is 0 Å². The highest BCUT2D eigenvalue weighted by atomic mass is 16.7. The van der Waals surface area contributed by atoms with Crippen LogP contribution in [0.1, 0.15) is 13.8 Å².